The van der Waals surface area contributed by atoms with Crippen molar-refractivity contribution in [1.29, 1.82) is 0 Å². The van der Waals surface area contributed by atoms with E-state index in [1.165, 1.54) is 24.1 Å². The minimum absolute atomic E-state index is 0.0873. The average Bonchev–Trinajstić information content (AvgIpc) is 2.75. The Bertz CT molecular complexity index is 1140. The van der Waals surface area contributed by atoms with Crippen LogP contribution in [0.1, 0.15) is 23.7 Å². The second-order valence-corrected chi connectivity index (χ2v) is 9.28. The first-order chi connectivity index (χ1) is 15.2. The van der Waals surface area contributed by atoms with E-state index in [9.17, 15) is 22.8 Å². The Morgan fingerprint density at radius 1 is 1.16 bits per heavy atom. The molecule has 170 valence electrons. The Balaban J connectivity index is 1.71. The summed E-state index contributed by atoms with van der Waals surface area (Å²) < 4.78 is 35.5. The summed E-state index contributed by atoms with van der Waals surface area (Å²) in [6.07, 6.45) is 0.707. The quantitative estimate of drug-likeness (QED) is 0.569. The Hall–Kier alpha value is -3.40. The summed E-state index contributed by atoms with van der Waals surface area (Å²) in [5, 5.41) is 2.48. The molecule has 1 heterocycles. The standard InChI is InChI=1S/C22H24N2O7S/c1-3-10-24-17-11-15(8-9-20(17)31-12-22(24)27)18(25)13-32(28,29)14-21(26)23-16-6-4-5-7-19(16)30-2/h4-9,11H,3,10,12-14H2,1-2H3,(H,23,26). The van der Waals surface area contributed by atoms with Crippen molar-refractivity contribution >= 4 is 38.8 Å². The van der Waals surface area contributed by atoms with Crippen LogP contribution in [0.4, 0.5) is 11.4 Å². The molecule has 0 radical (unpaired) electrons. The molecule has 0 unspecified atom stereocenters. The number of carbonyl (C=O) groups excluding carboxylic acids is 3. The third-order valence-corrected chi connectivity index (χ3v) is 6.16. The summed E-state index contributed by atoms with van der Waals surface area (Å²) in [6.45, 7) is 2.28. The molecule has 1 aliphatic rings. The molecule has 3 rings (SSSR count). The van der Waals surface area contributed by atoms with Crippen LogP contribution in [0.15, 0.2) is 42.5 Å². The van der Waals surface area contributed by atoms with Gasteiger partial charge in [-0.1, -0.05) is 19.1 Å². The van der Waals surface area contributed by atoms with Gasteiger partial charge in [0, 0.05) is 12.1 Å². The predicted molar refractivity (Wildman–Crippen MR) is 119 cm³/mol. The van der Waals surface area contributed by atoms with E-state index < -0.39 is 33.0 Å². The molecule has 32 heavy (non-hydrogen) atoms. The molecule has 1 N–H and O–H groups in total. The Kier molecular flexibility index (Phi) is 7.14. The zero-order chi connectivity index (χ0) is 23.3. The maximum Gasteiger partial charge on any atom is 0.265 e. The molecule has 0 fully saturated rings. The van der Waals surface area contributed by atoms with Gasteiger partial charge in [0.1, 0.15) is 23.0 Å². The van der Waals surface area contributed by atoms with E-state index in [4.69, 9.17) is 9.47 Å². The zero-order valence-corrected chi connectivity index (χ0v) is 18.6. The Morgan fingerprint density at radius 3 is 2.62 bits per heavy atom. The van der Waals surface area contributed by atoms with Gasteiger partial charge in [-0.15, -0.1) is 0 Å². The fraction of sp³-hybridized carbons (Fsp3) is 0.318. The summed E-state index contributed by atoms with van der Waals surface area (Å²) in [5.41, 5.74) is 0.883. The first-order valence-corrected chi connectivity index (χ1v) is 11.8. The van der Waals surface area contributed by atoms with Crippen molar-refractivity contribution in [3.05, 3.63) is 48.0 Å². The molecule has 0 bridgehead atoms. The second kappa shape index (κ2) is 9.82. The van der Waals surface area contributed by atoms with Crippen molar-refractivity contribution < 1.29 is 32.3 Å². The number of para-hydroxylation sites is 2. The van der Waals surface area contributed by atoms with Crippen molar-refractivity contribution in [2.75, 3.05) is 42.0 Å². The van der Waals surface area contributed by atoms with Crippen molar-refractivity contribution in [2.45, 2.75) is 13.3 Å². The number of ketones is 1. The number of carbonyl (C=O) groups is 3. The van der Waals surface area contributed by atoms with Crippen LogP contribution in [-0.2, 0) is 19.4 Å². The zero-order valence-electron chi connectivity index (χ0n) is 17.8. The fourth-order valence-corrected chi connectivity index (χ4v) is 4.45. The maximum atomic E-state index is 12.7. The predicted octanol–water partition coefficient (Wildman–Crippen LogP) is 2.07. The molecule has 2 aromatic carbocycles. The Labute approximate surface area is 186 Å². The number of nitrogens with one attached hydrogen (secondary N) is 1. The van der Waals surface area contributed by atoms with E-state index in [-0.39, 0.29) is 18.1 Å². The molecule has 0 aromatic heterocycles. The highest BCUT2D eigenvalue weighted by Gasteiger charge is 2.27. The smallest absolute Gasteiger partial charge is 0.265 e. The largest absolute Gasteiger partial charge is 0.495 e. The fourth-order valence-electron chi connectivity index (χ4n) is 3.31. The summed E-state index contributed by atoms with van der Waals surface area (Å²) in [4.78, 5) is 38.6. The van der Waals surface area contributed by atoms with E-state index in [1.807, 2.05) is 6.92 Å². The molecular formula is C22H24N2O7S. The van der Waals surface area contributed by atoms with E-state index in [0.717, 1.165) is 0 Å². The van der Waals surface area contributed by atoms with Gasteiger partial charge in [0.25, 0.3) is 5.91 Å². The molecule has 0 saturated carbocycles. The van der Waals surface area contributed by atoms with Crippen LogP contribution in [0.2, 0.25) is 0 Å². The Morgan fingerprint density at radius 2 is 1.91 bits per heavy atom. The lowest BCUT2D eigenvalue weighted by Gasteiger charge is -2.29. The van der Waals surface area contributed by atoms with Crippen molar-refractivity contribution in [3.63, 3.8) is 0 Å². The highest BCUT2D eigenvalue weighted by Crippen LogP contribution is 2.33. The number of nitrogens with zero attached hydrogens (tertiary/aromatic N) is 1. The van der Waals surface area contributed by atoms with Gasteiger partial charge in [0.05, 0.1) is 18.5 Å². The van der Waals surface area contributed by atoms with Gasteiger partial charge in [-0.05, 0) is 36.8 Å². The number of methoxy groups -OCH3 is 1. The molecule has 0 spiro atoms. The minimum Gasteiger partial charge on any atom is -0.495 e. The molecule has 10 heteroatoms. The lowest BCUT2D eigenvalue weighted by molar-refractivity contribution is -0.121. The molecule has 2 aromatic rings. The molecule has 0 aliphatic carbocycles. The van der Waals surface area contributed by atoms with Gasteiger partial charge in [0.15, 0.2) is 22.2 Å². The van der Waals surface area contributed by atoms with Gasteiger partial charge in [-0.2, -0.15) is 0 Å². The van der Waals surface area contributed by atoms with Gasteiger partial charge < -0.3 is 19.7 Å². The third-order valence-electron chi connectivity index (χ3n) is 4.75. The number of amides is 2. The summed E-state index contributed by atoms with van der Waals surface area (Å²) in [7, 11) is -2.61. The normalized spacial score (nSPS) is 13.2. The second-order valence-electron chi connectivity index (χ2n) is 7.22. The van der Waals surface area contributed by atoms with Crippen LogP contribution in [-0.4, -0.2) is 57.8 Å². The highest BCUT2D eigenvalue weighted by molar-refractivity contribution is 7.92. The number of Topliss-reactive ketones (excluding diaryl/α,β-unsaturated/α-hetero) is 1. The topological polar surface area (TPSA) is 119 Å². The number of ether oxygens (including phenoxy) is 2. The number of benzene rings is 2. The monoisotopic (exact) mass is 460 g/mol. The number of hydrogen-bond acceptors (Lipinski definition) is 7. The number of fused-ring (bicyclic) bond motifs is 1. The van der Waals surface area contributed by atoms with Crippen LogP contribution in [0.5, 0.6) is 11.5 Å². The summed E-state index contributed by atoms with van der Waals surface area (Å²) in [5.74, 6) is -2.54. The van der Waals surface area contributed by atoms with Gasteiger partial charge in [-0.25, -0.2) is 8.42 Å². The summed E-state index contributed by atoms with van der Waals surface area (Å²) >= 11 is 0. The van der Waals surface area contributed by atoms with Crippen molar-refractivity contribution in [2.24, 2.45) is 0 Å². The van der Waals surface area contributed by atoms with E-state index in [2.05, 4.69) is 5.32 Å². The van der Waals surface area contributed by atoms with E-state index >= 15 is 0 Å². The first-order valence-electron chi connectivity index (χ1n) is 9.97. The van der Waals surface area contributed by atoms with Crippen LogP contribution >= 0.6 is 0 Å². The van der Waals surface area contributed by atoms with E-state index in [0.29, 0.717) is 35.8 Å². The highest BCUT2D eigenvalue weighted by atomic mass is 32.2. The van der Waals surface area contributed by atoms with Gasteiger partial charge in [-0.3, -0.25) is 14.4 Å². The van der Waals surface area contributed by atoms with Crippen LogP contribution in [0, 0.1) is 0 Å². The van der Waals surface area contributed by atoms with Crippen molar-refractivity contribution in [3.8, 4) is 11.5 Å². The first kappa shape index (κ1) is 23.3. The van der Waals surface area contributed by atoms with Gasteiger partial charge >= 0.3 is 0 Å². The molecule has 9 nitrogen and oxygen atoms in total. The number of hydrogen-bond donors (Lipinski definition) is 1. The van der Waals surface area contributed by atoms with E-state index in [1.54, 1.807) is 30.3 Å². The van der Waals surface area contributed by atoms with Gasteiger partial charge in [0.2, 0.25) is 5.91 Å². The number of anilines is 2. The maximum absolute atomic E-state index is 12.7. The van der Waals surface area contributed by atoms with Crippen LogP contribution in [0.3, 0.4) is 0 Å². The lowest BCUT2D eigenvalue weighted by Crippen LogP contribution is -2.39. The van der Waals surface area contributed by atoms with Crippen LogP contribution in [0.25, 0.3) is 0 Å². The molecule has 1 aliphatic heterocycles. The lowest BCUT2D eigenvalue weighted by atomic mass is 10.1. The molecule has 0 saturated heterocycles. The average molecular weight is 461 g/mol. The SMILES string of the molecule is CCCN1C(=O)COc2ccc(C(=O)CS(=O)(=O)CC(=O)Nc3ccccc3OC)cc21. The van der Waals surface area contributed by atoms with Crippen LogP contribution < -0.4 is 19.7 Å². The molecular weight excluding hydrogens is 436 g/mol. The number of rotatable bonds is 9. The molecule has 2 amide bonds. The minimum atomic E-state index is -4.04. The third kappa shape index (κ3) is 5.44. The van der Waals surface area contributed by atoms with Crippen molar-refractivity contribution in [1.82, 2.24) is 0 Å². The number of sulfone groups is 1. The molecule has 0 atom stereocenters. The summed E-state index contributed by atoms with van der Waals surface area (Å²) in [6, 6.07) is 11.0.